The molecule has 2 aromatic rings. The molecule has 0 fully saturated rings. The number of aryl methyl sites for hydroxylation is 1. The molecule has 1 aromatic carbocycles. The van der Waals surface area contributed by atoms with Gasteiger partial charge in [-0.15, -0.1) is 10.2 Å². The summed E-state index contributed by atoms with van der Waals surface area (Å²) in [4.78, 5) is 23.3. The highest BCUT2D eigenvalue weighted by Gasteiger charge is 2.30. The van der Waals surface area contributed by atoms with Crippen molar-refractivity contribution in [2.45, 2.75) is 51.5 Å². The van der Waals surface area contributed by atoms with E-state index in [0.29, 0.717) is 31.0 Å². The molecule has 0 aliphatic rings. The van der Waals surface area contributed by atoms with Crippen molar-refractivity contribution in [1.82, 2.24) is 15.5 Å². The third-order valence-corrected chi connectivity index (χ3v) is 4.30. The molecule has 7 nitrogen and oxygen atoms in total. The molecule has 0 bridgehead atoms. The zero-order valence-electron chi connectivity index (χ0n) is 14.5. The molecule has 1 amide bonds. The van der Waals surface area contributed by atoms with Gasteiger partial charge in [0.05, 0.1) is 6.42 Å². The van der Waals surface area contributed by atoms with Crippen molar-refractivity contribution in [2.75, 3.05) is 0 Å². The highest BCUT2D eigenvalue weighted by atomic mass is 16.4. The van der Waals surface area contributed by atoms with Crippen LogP contribution in [0.5, 0.6) is 0 Å². The summed E-state index contributed by atoms with van der Waals surface area (Å²) in [5, 5.41) is 19.9. The fourth-order valence-corrected chi connectivity index (χ4v) is 2.64. The molecule has 0 saturated heterocycles. The van der Waals surface area contributed by atoms with Crippen molar-refractivity contribution in [3.63, 3.8) is 0 Å². The molecule has 1 aromatic heterocycles. The van der Waals surface area contributed by atoms with E-state index in [4.69, 9.17) is 9.52 Å². The molecule has 0 aliphatic carbocycles. The van der Waals surface area contributed by atoms with E-state index < -0.39 is 11.5 Å². The van der Waals surface area contributed by atoms with Gasteiger partial charge in [0.2, 0.25) is 17.7 Å². The number of carboxylic acids is 1. The lowest BCUT2D eigenvalue weighted by molar-refractivity contribution is -0.139. The Labute approximate surface area is 146 Å². The Morgan fingerprint density at radius 3 is 2.44 bits per heavy atom. The first-order valence-corrected chi connectivity index (χ1v) is 8.38. The van der Waals surface area contributed by atoms with Gasteiger partial charge in [0.25, 0.3) is 0 Å². The van der Waals surface area contributed by atoms with Gasteiger partial charge >= 0.3 is 5.97 Å². The minimum atomic E-state index is -0.923. The van der Waals surface area contributed by atoms with Crippen molar-refractivity contribution < 1.29 is 19.1 Å². The number of nitrogens with one attached hydrogen (secondary N) is 1. The van der Waals surface area contributed by atoms with E-state index in [1.54, 1.807) is 0 Å². The van der Waals surface area contributed by atoms with Gasteiger partial charge < -0.3 is 14.8 Å². The van der Waals surface area contributed by atoms with Crippen LogP contribution in [-0.4, -0.2) is 32.7 Å². The number of benzene rings is 1. The first kappa shape index (κ1) is 18.6. The van der Waals surface area contributed by atoms with E-state index in [0.717, 1.165) is 5.56 Å². The zero-order valence-corrected chi connectivity index (χ0v) is 14.5. The first-order valence-electron chi connectivity index (χ1n) is 8.38. The number of aliphatic carboxylic acids is 1. The fraction of sp³-hybridized carbons (Fsp3) is 0.444. The highest BCUT2D eigenvalue weighted by Crippen LogP contribution is 2.21. The maximum absolute atomic E-state index is 12.2. The van der Waals surface area contributed by atoms with Crippen LogP contribution in [0.3, 0.4) is 0 Å². The van der Waals surface area contributed by atoms with Gasteiger partial charge in [0, 0.05) is 23.9 Å². The molecule has 25 heavy (non-hydrogen) atoms. The molecule has 0 aliphatic heterocycles. The molecule has 1 heterocycles. The van der Waals surface area contributed by atoms with Crippen LogP contribution < -0.4 is 5.32 Å². The Bertz CT molecular complexity index is 708. The van der Waals surface area contributed by atoms with Gasteiger partial charge in [-0.25, -0.2) is 0 Å². The molecule has 0 unspecified atom stereocenters. The Hall–Kier alpha value is -2.70. The molecule has 0 spiro atoms. The number of aromatic nitrogens is 2. The van der Waals surface area contributed by atoms with Gasteiger partial charge in [-0.2, -0.15) is 0 Å². The molecule has 0 atom stereocenters. The molecule has 0 saturated carbocycles. The normalized spacial score (nSPS) is 11.3. The van der Waals surface area contributed by atoms with Crippen LogP contribution in [0.2, 0.25) is 0 Å². The van der Waals surface area contributed by atoms with Crippen molar-refractivity contribution >= 4 is 11.9 Å². The van der Waals surface area contributed by atoms with Crippen molar-refractivity contribution in [3.05, 3.63) is 36.2 Å². The lowest BCUT2D eigenvalue weighted by Crippen LogP contribution is -2.49. The van der Waals surface area contributed by atoms with Crippen molar-refractivity contribution in [2.24, 2.45) is 0 Å². The van der Waals surface area contributed by atoms with Crippen LogP contribution in [-0.2, 0) is 16.0 Å². The summed E-state index contributed by atoms with van der Waals surface area (Å²) in [5.74, 6) is -0.345. The number of carbonyl (C=O) groups excluding carboxylic acids is 1. The average Bonchev–Trinajstić information content (AvgIpc) is 3.09. The minimum absolute atomic E-state index is 0.0928. The molecular weight excluding hydrogens is 322 g/mol. The fourth-order valence-electron chi connectivity index (χ4n) is 2.64. The molecule has 134 valence electrons. The Balaban J connectivity index is 1.93. The summed E-state index contributed by atoms with van der Waals surface area (Å²) in [6, 6.07) is 9.39. The number of nitrogens with zero attached hydrogens (tertiary/aromatic N) is 2. The topological polar surface area (TPSA) is 105 Å². The van der Waals surface area contributed by atoms with Crippen molar-refractivity contribution in [1.29, 1.82) is 0 Å². The number of carbonyl (C=O) groups is 2. The number of hydrogen-bond acceptors (Lipinski definition) is 5. The predicted octanol–water partition coefficient (Wildman–Crippen LogP) is 2.82. The number of carboxylic acid groups (broad SMARTS) is 1. The van der Waals surface area contributed by atoms with Gasteiger partial charge in [0.1, 0.15) is 0 Å². The summed E-state index contributed by atoms with van der Waals surface area (Å²) in [7, 11) is 0. The molecule has 2 rings (SSSR count). The first-order chi connectivity index (χ1) is 12.0. The standard InChI is InChI=1S/C18H23N3O4/c1-3-18(4-2,12-16(23)24)19-14(22)10-11-15-20-21-17(25-15)13-8-6-5-7-9-13/h5-9H,3-4,10-12H2,1-2H3,(H,19,22)(H,23,24). The summed E-state index contributed by atoms with van der Waals surface area (Å²) >= 11 is 0. The monoisotopic (exact) mass is 345 g/mol. The SMILES string of the molecule is CCC(CC)(CC(=O)O)NC(=O)CCc1nnc(-c2ccccc2)o1. The Morgan fingerprint density at radius 1 is 1.16 bits per heavy atom. The highest BCUT2D eigenvalue weighted by molar-refractivity contribution is 5.78. The van der Waals surface area contributed by atoms with Crippen molar-refractivity contribution in [3.8, 4) is 11.5 Å². The van der Waals surface area contributed by atoms with E-state index in [1.807, 2.05) is 44.2 Å². The lowest BCUT2D eigenvalue weighted by Gasteiger charge is -2.31. The average molecular weight is 345 g/mol. The maximum Gasteiger partial charge on any atom is 0.305 e. The zero-order chi connectivity index (χ0) is 18.3. The van der Waals surface area contributed by atoms with Gasteiger partial charge in [-0.05, 0) is 25.0 Å². The van der Waals surface area contributed by atoms with Gasteiger partial charge in [-0.3, -0.25) is 9.59 Å². The second kappa shape index (κ2) is 8.41. The minimum Gasteiger partial charge on any atom is -0.481 e. The molecule has 7 heteroatoms. The molecule has 0 radical (unpaired) electrons. The maximum atomic E-state index is 12.2. The van der Waals surface area contributed by atoms with E-state index in [-0.39, 0.29) is 18.7 Å². The predicted molar refractivity (Wildman–Crippen MR) is 91.8 cm³/mol. The van der Waals surface area contributed by atoms with Crippen LogP contribution in [0.15, 0.2) is 34.7 Å². The largest absolute Gasteiger partial charge is 0.481 e. The van der Waals surface area contributed by atoms with Crippen LogP contribution in [0.25, 0.3) is 11.5 Å². The second-order valence-electron chi connectivity index (χ2n) is 5.97. The lowest BCUT2D eigenvalue weighted by atomic mass is 9.88. The number of rotatable bonds is 9. The molecular formula is C18H23N3O4. The Kier molecular flexibility index (Phi) is 6.27. The summed E-state index contributed by atoms with van der Waals surface area (Å²) in [5.41, 5.74) is 0.107. The second-order valence-corrected chi connectivity index (χ2v) is 5.97. The summed E-state index contributed by atoms with van der Waals surface area (Å²) in [6.45, 7) is 3.74. The van der Waals surface area contributed by atoms with E-state index in [1.165, 1.54) is 0 Å². The van der Waals surface area contributed by atoms with E-state index in [2.05, 4.69) is 15.5 Å². The summed E-state index contributed by atoms with van der Waals surface area (Å²) < 4.78 is 5.57. The van der Waals surface area contributed by atoms with Gasteiger partial charge in [0.15, 0.2) is 0 Å². The number of amides is 1. The number of hydrogen-bond donors (Lipinski definition) is 2. The van der Waals surface area contributed by atoms with Gasteiger partial charge in [-0.1, -0.05) is 32.0 Å². The van der Waals surface area contributed by atoms with Crippen LogP contribution >= 0.6 is 0 Å². The third kappa shape index (κ3) is 5.14. The summed E-state index contributed by atoms with van der Waals surface area (Å²) in [6.07, 6.45) is 1.49. The third-order valence-electron chi connectivity index (χ3n) is 4.30. The smallest absolute Gasteiger partial charge is 0.305 e. The quantitative estimate of drug-likeness (QED) is 0.724. The van der Waals surface area contributed by atoms with Crippen LogP contribution in [0.1, 0.15) is 45.4 Å². The van der Waals surface area contributed by atoms with E-state index >= 15 is 0 Å². The van der Waals surface area contributed by atoms with E-state index in [9.17, 15) is 9.59 Å². The van der Waals surface area contributed by atoms with Crippen LogP contribution in [0.4, 0.5) is 0 Å². The Morgan fingerprint density at radius 2 is 1.84 bits per heavy atom. The molecule has 2 N–H and O–H groups in total. The van der Waals surface area contributed by atoms with Crippen LogP contribution in [0, 0.1) is 0 Å².